The zero-order valence-corrected chi connectivity index (χ0v) is 16.3. The van der Waals surface area contributed by atoms with E-state index in [1.165, 1.54) is 0 Å². The molecule has 1 amide bonds. The van der Waals surface area contributed by atoms with Gasteiger partial charge < -0.3 is 5.32 Å². The first-order valence-corrected chi connectivity index (χ1v) is 9.64. The Labute approximate surface area is 174 Å². The van der Waals surface area contributed by atoms with Crippen molar-refractivity contribution in [1.82, 2.24) is 20.6 Å². The van der Waals surface area contributed by atoms with Crippen molar-refractivity contribution in [3.05, 3.63) is 72.6 Å². The Morgan fingerprint density at radius 3 is 2.63 bits per heavy atom. The summed E-state index contributed by atoms with van der Waals surface area (Å²) in [6.45, 7) is 3.54. The number of hydrazine groups is 1. The molecule has 0 radical (unpaired) electrons. The van der Waals surface area contributed by atoms with Crippen molar-refractivity contribution in [2.24, 2.45) is 0 Å². The predicted octanol–water partition coefficient (Wildman–Crippen LogP) is 4.40. The first-order chi connectivity index (χ1) is 14.3. The molecule has 0 aliphatic carbocycles. The van der Waals surface area contributed by atoms with Crippen LogP contribution in [-0.2, 0) is 17.5 Å². The number of para-hydroxylation sites is 1. The lowest BCUT2D eigenvalue weighted by molar-refractivity contribution is -0.141. The second-order valence-electron chi connectivity index (χ2n) is 6.48. The van der Waals surface area contributed by atoms with Gasteiger partial charge in [0, 0.05) is 21.6 Å². The average molecular weight is 431 g/mol. The van der Waals surface area contributed by atoms with Crippen LogP contribution < -0.4 is 16.2 Å². The number of fused-ring (bicyclic) bond motifs is 2. The molecule has 3 N–H and O–H groups in total. The molecule has 0 saturated heterocycles. The Morgan fingerprint density at radius 2 is 1.87 bits per heavy atom. The number of hydrogen-bond donors (Lipinski definition) is 3. The van der Waals surface area contributed by atoms with E-state index in [2.05, 4.69) is 27.8 Å². The molecule has 1 aliphatic rings. The van der Waals surface area contributed by atoms with Gasteiger partial charge in [-0.25, -0.2) is 0 Å². The number of rotatable bonds is 5. The number of nitrogens with one attached hydrogen (secondary N) is 3. The molecular formula is C20H16F3N5OS. The van der Waals surface area contributed by atoms with Crippen LogP contribution in [0.15, 0.2) is 71.1 Å². The van der Waals surface area contributed by atoms with E-state index in [9.17, 15) is 18.0 Å². The Kier molecular flexibility index (Phi) is 5.17. The van der Waals surface area contributed by atoms with Gasteiger partial charge in [0.15, 0.2) is 5.69 Å². The number of anilines is 2. The van der Waals surface area contributed by atoms with Crippen molar-refractivity contribution >= 4 is 34.7 Å². The number of hydrogen-bond acceptors (Lipinski definition) is 5. The number of halogens is 3. The van der Waals surface area contributed by atoms with Gasteiger partial charge in [-0.2, -0.15) is 18.3 Å². The fourth-order valence-electron chi connectivity index (χ4n) is 2.83. The van der Waals surface area contributed by atoms with Crippen LogP contribution in [-0.4, -0.2) is 15.7 Å². The summed E-state index contributed by atoms with van der Waals surface area (Å²) < 4.78 is 38.6. The van der Waals surface area contributed by atoms with Crippen LogP contribution in [0.4, 0.5) is 24.5 Å². The molecule has 6 nitrogen and oxygen atoms in total. The SMILES string of the molecule is C=C(NNC(=O)Cn1ccc(C(F)(F)F)n1)c1ccc2c(c1)Nc1ccccc1S2. The minimum atomic E-state index is -4.55. The molecule has 30 heavy (non-hydrogen) atoms. The van der Waals surface area contributed by atoms with Gasteiger partial charge in [0.25, 0.3) is 5.91 Å². The summed E-state index contributed by atoms with van der Waals surface area (Å²) in [7, 11) is 0. The molecule has 0 spiro atoms. The average Bonchev–Trinajstić information content (AvgIpc) is 3.19. The fourth-order valence-corrected chi connectivity index (χ4v) is 3.80. The Balaban J connectivity index is 1.36. The summed E-state index contributed by atoms with van der Waals surface area (Å²) >= 11 is 1.65. The third kappa shape index (κ3) is 4.28. The van der Waals surface area contributed by atoms with Gasteiger partial charge in [-0.15, -0.1) is 0 Å². The molecule has 0 atom stereocenters. The van der Waals surface area contributed by atoms with Crippen LogP contribution in [0.5, 0.6) is 0 Å². The summed E-state index contributed by atoms with van der Waals surface area (Å²) in [6.07, 6.45) is -3.45. The van der Waals surface area contributed by atoms with Crippen molar-refractivity contribution in [3.63, 3.8) is 0 Å². The van der Waals surface area contributed by atoms with Crippen LogP contribution in [0.1, 0.15) is 11.3 Å². The Morgan fingerprint density at radius 1 is 1.10 bits per heavy atom. The molecule has 1 aromatic heterocycles. The molecule has 154 valence electrons. The molecule has 0 fully saturated rings. The van der Waals surface area contributed by atoms with Crippen molar-refractivity contribution in [2.75, 3.05) is 5.32 Å². The number of nitrogens with zero attached hydrogens (tertiary/aromatic N) is 2. The zero-order chi connectivity index (χ0) is 21.3. The normalized spacial score (nSPS) is 12.4. The van der Waals surface area contributed by atoms with Crippen molar-refractivity contribution in [1.29, 1.82) is 0 Å². The molecule has 1 aliphatic heterocycles. The summed E-state index contributed by atoms with van der Waals surface area (Å²) in [6, 6.07) is 14.5. The smallest absolute Gasteiger partial charge is 0.354 e. The van der Waals surface area contributed by atoms with E-state index in [0.717, 1.165) is 43.7 Å². The van der Waals surface area contributed by atoms with E-state index in [1.807, 2.05) is 42.5 Å². The van der Waals surface area contributed by atoms with Crippen LogP contribution in [0.3, 0.4) is 0 Å². The molecule has 3 aromatic rings. The number of amides is 1. The van der Waals surface area contributed by atoms with Gasteiger partial charge in [-0.05, 0) is 30.3 Å². The fraction of sp³-hybridized carbons (Fsp3) is 0.100. The van der Waals surface area contributed by atoms with Crippen LogP contribution in [0, 0.1) is 0 Å². The lowest BCUT2D eigenvalue weighted by Gasteiger charge is -2.21. The van der Waals surface area contributed by atoms with Crippen LogP contribution >= 0.6 is 11.8 Å². The maximum atomic E-state index is 12.6. The maximum absolute atomic E-state index is 12.6. The second-order valence-corrected chi connectivity index (χ2v) is 7.57. The van der Waals surface area contributed by atoms with Crippen molar-refractivity contribution in [3.8, 4) is 0 Å². The molecular weight excluding hydrogens is 415 g/mol. The highest BCUT2D eigenvalue weighted by molar-refractivity contribution is 7.99. The van der Waals surface area contributed by atoms with Gasteiger partial charge in [0.2, 0.25) is 0 Å². The van der Waals surface area contributed by atoms with Gasteiger partial charge >= 0.3 is 6.18 Å². The molecule has 0 saturated carbocycles. The summed E-state index contributed by atoms with van der Waals surface area (Å²) in [5, 5.41) is 6.71. The van der Waals surface area contributed by atoms with Gasteiger partial charge in [-0.1, -0.05) is 36.5 Å². The molecule has 4 rings (SSSR count). The highest BCUT2D eigenvalue weighted by Crippen LogP contribution is 2.44. The third-order valence-corrected chi connectivity index (χ3v) is 5.45. The number of alkyl halides is 3. The highest BCUT2D eigenvalue weighted by atomic mass is 32.2. The van der Waals surface area contributed by atoms with Gasteiger partial charge in [0.05, 0.1) is 17.1 Å². The van der Waals surface area contributed by atoms with Crippen molar-refractivity contribution in [2.45, 2.75) is 22.5 Å². The van der Waals surface area contributed by atoms with Crippen molar-refractivity contribution < 1.29 is 18.0 Å². The minimum Gasteiger partial charge on any atom is -0.354 e. The maximum Gasteiger partial charge on any atom is 0.435 e. The highest BCUT2D eigenvalue weighted by Gasteiger charge is 2.33. The van der Waals surface area contributed by atoms with Crippen LogP contribution in [0.25, 0.3) is 5.70 Å². The van der Waals surface area contributed by atoms with Gasteiger partial charge in [-0.3, -0.25) is 20.3 Å². The standard InChI is InChI=1S/C20H16F3N5OS/c1-12(25-26-19(29)11-28-9-8-18(27-28)20(21,22)23)13-6-7-17-15(10-13)24-14-4-2-3-5-16(14)30-17/h2-10,24-25H,1,11H2,(H,26,29). The number of benzene rings is 2. The number of carbonyl (C=O) groups excluding carboxylic acids is 1. The zero-order valence-electron chi connectivity index (χ0n) is 15.5. The largest absolute Gasteiger partial charge is 0.435 e. The van der Waals surface area contributed by atoms with E-state index in [0.29, 0.717) is 5.70 Å². The first-order valence-electron chi connectivity index (χ1n) is 8.82. The number of aromatic nitrogens is 2. The van der Waals surface area contributed by atoms with E-state index >= 15 is 0 Å². The Bertz CT molecular complexity index is 1130. The topological polar surface area (TPSA) is 71.0 Å². The predicted molar refractivity (Wildman–Crippen MR) is 108 cm³/mol. The van der Waals surface area contributed by atoms with Crippen LogP contribution in [0.2, 0.25) is 0 Å². The first kappa shape index (κ1) is 19.9. The van der Waals surface area contributed by atoms with E-state index in [4.69, 9.17) is 0 Å². The summed E-state index contributed by atoms with van der Waals surface area (Å²) in [5.74, 6) is -0.562. The van der Waals surface area contributed by atoms with E-state index < -0.39 is 17.8 Å². The second kappa shape index (κ2) is 7.79. The Hall–Kier alpha value is -3.40. The minimum absolute atomic E-state index is 0.366. The molecule has 2 aromatic carbocycles. The lowest BCUT2D eigenvalue weighted by atomic mass is 10.1. The molecule has 10 heteroatoms. The van der Waals surface area contributed by atoms with Gasteiger partial charge in [0.1, 0.15) is 6.54 Å². The summed E-state index contributed by atoms with van der Waals surface area (Å²) in [4.78, 5) is 14.2. The number of carbonyl (C=O) groups is 1. The van der Waals surface area contributed by atoms with E-state index in [-0.39, 0.29) is 6.54 Å². The lowest BCUT2D eigenvalue weighted by Crippen LogP contribution is -2.38. The summed E-state index contributed by atoms with van der Waals surface area (Å²) in [5.41, 5.74) is 7.18. The molecule has 0 unspecified atom stereocenters. The third-order valence-electron chi connectivity index (χ3n) is 4.29. The molecule has 0 bridgehead atoms. The molecule has 2 heterocycles. The quantitative estimate of drug-likeness (QED) is 0.409. The monoisotopic (exact) mass is 431 g/mol. The van der Waals surface area contributed by atoms with E-state index in [1.54, 1.807) is 11.8 Å².